The second-order valence-electron chi connectivity index (χ2n) is 2.82. The second kappa shape index (κ2) is 4.57. The lowest BCUT2D eigenvalue weighted by atomic mass is 10.3. The summed E-state index contributed by atoms with van der Waals surface area (Å²) in [6.07, 6.45) is 0.732. The molecule has 0 saturated heterocycles. The van der Waals surface area contributed by atoms with Gasteiger partial charge < -0.3 is 14.9 Å². The van der Waals surface area contributed by atoms with E-state index >= 15 is 0 Å². The monoisotopic (exact) mass is 197 g/mol. The minimum absolute atomic E-state index is 0.0476. The van der Waals surface area contributed by atoms with Crippen LogP contribution in [0, 0.1) is 0 Å². The lowest BCUT2D eigenvalue weighted by Gasteiger charge is -2.09. The Kier molecular flexibility index (Phi) is 3.41. The minimum atomic E-state index is -1.15. The molecule has 0 radical (unpaired) electrons. The van der Waals surface area contributed by atoms with Gasteiger partial charge in [-0.05, 0) is 19.1 Å². The van der Waals surface area contributed by atoms with Crippen LogP contribution in [-0.2, 0) is 0 Å². The van der Waals surface area contributed by atoms with Crippen LogP contribution in [0.1, 0.15) is 17.4 Å². The van der Waals surface area contributed by atoms with Crippen molar-refractivity contribution in [3.63, 3.8) is 0 Å². The third kappa shape index (κ3) is 2.70. The van der Waals surface area contributed by atoms with Gasteiger partial charge in [0.1, 0.15) is 6.61 Å². The zero-order chi connectivity index (χ0) is 10.6. The summed E-state index contributed by atoms with van der Waals surface area (Å²) in [7, 11) is 0. The molecule has 1 heterocycles. The third-order valence-corrected chi connectivity index (χ3v) is 1.45. The Morgan fingerprint density at radius 1 is 1.71 bits per heavy atom. The maximum Gasteiger partial charge on any atom is 0.358 e. The van der Waals surface area contributed by atoms with Gasteiger partial charge in [-0.3, -0.25) is 0 Å². The molecule has 0 fully saturated rings. The average Bonchev–Trinajstić information content (AvgIpc) is 2.15. The quantitative estimate of drug-likeness (QED) is 0.736. The summed E-state index contributed by atoms with van der Waals surface area (Å²) >= 11 is 0. The third-order valence-electron chi connectivity index (χ3n) is 1.45. The van der Waals surface area contributed by atoms with Crippen LogP contribution in [0.3, 0.4) is 0 Å². The summed E-state index contributed by atoms with van der Waals surface area (Å²) in [5.74, 6) is -0.980. The molecule has 0 saturated carbocycles. The largest absolute Gasteiger partial charge is 0.488 e. The van der Waals surface area contributed by atoms with Crippen molar-refractivity contribution in [1.29, 1.82) is 0 Å². The number of carboxylic acid groups (broad SMARTS) is 1. The lowest BCUT2D eigenvalue weighted by Crippen LogP contribution is -2.15. The van der Waals surface area contributed by atoms with E-state index in [4.69, 9.17) is 14.9 Å². The fraction of sp³-hybridized carbons (Fsp3) is 0.333. The van der Waals surface area contributed by atoms with Gasteiger partial charge in [0.25, 0.3) is 0 Å². The summed E-state index contributed by atoms with van der Waals surface area (Å²) in [6, 6.07) is 3.07. The van der Waals surface area contributed by atoms with E-state index in [2.05, 4.69) is 4.98 Å². The Hall–Kier alpha value is -1.62. The molecule has 2 N–H and O–H groups in total. The summed E-state index contributed by atoms with van der Waals surface area (Å²) in [4.78, 5) is 14.3. The highest BCUT2D eigenvalue weighted by Crippen LogP contribution is 2.15. The molecule has 5 nitrogen and oxygen atoms in total. The molecule has 76 valence electrons. The number of carbonyl (C=O) groups is 1. The van der Waals surface area contributed by atoms with Crippen molar-refractivity contribution in [2.75, 3.05) is 6.61 Å². The van der Waals surface area contributed by atoms with E-state index in [-0.39, 0.29) is 18.1 Å². The molecule has 5 heteroatoms. The summed E-state index contributed by atoms with van der Waals surface area (Å²) < 4.78 is 5.07. The lowest BCUT2D eigenvalue weighted by molar-refractivity contribution is 0.0678. The first-order valence-corrected chi connectivity index (χ1v) is 4.10. The molecule has 0 aromatic carbocycles. The van der Waals surface area contributed by atoms with Crippen LogP contribution >= 0.6 is 0 Å². The molecule has 0 amide bonds. The van der Waals surface area contributed by atoms with E-state index in [9.17, 15) is 4.79 Å². The number of aromatic nitrogens is 1. The number of aliphatic hydroxyl groups is 1. The van der Waals surface area contributed by atoms with Crippen molar-refractivity contribution >= 4 is 5.97 Å². The Morgan fingerprint density at radius 2 is 2.43 bits per heavy atom. The molecule has 1 unspecified atom stereocenters. The fourth-order valence-corrected chi connectivity index (χ4v) is 0.878. The van der Waals surface area contributed by atoms with Crippen LogP contribution in [0.2, 0.25) is 0 Å². The topological polar surface area (TPSA) is 79.7 Å². The van der Waals surface area contributed by atoms with Gasteiger partial charge in [0, 0.05) is 6.20 Å². The molecular formula is C9H11NO4. The summed E-state index contributed by atoms with van der Waals surface area (Å²) in [5.41, 5.74) is -0.145. The van der Waals surface area contributed by atoms with Crippen molar-refractivity contribution in [2.24, 2.45) is 0 Å². The maximum absolute atomic E-state index is 10.7. The van der Waals surface area contributed by atoms with Gasteiger partial charge in [-0.15, -0.1) is 0 Å². The van der Waals surface area contributed by atoms with Crippen LogP contribution in [0.15, 0.2) is 18.3 Å². The number of ether oxygens (including phenoxy) is 1. The molecule has 0 aliphatic rings. The first-order chi connectivity index (χ1) is 6.61. The van der Waals surface area contributed by atoms with Crippen molar-refractivity contribution < 1.29 is 19.7 Å². The van der Waals surface area contributed by atoms with Crippen LogP contribution in [0.25, 0.3) is 0 Å². The van der Waals surface area contributed by atoms with Gasteiger partial charge in [0.2, 0.25) is 0 Å². The Labute approximate surface area is 81.0 Å². The predicted octanol–water partition coefficient (Wildman–Crippen LogP) is 0.539. The molecule has 1 aromatic heterocycles. The van der Waals surface area contributed by atoms with E-state index in [1.807, 2.05) is 0 Å². The second-order valence-corrected chi connectivity index (χ2v) is 2.82. The zero-order valence-electron chi connectivity index (χ0n) is 7.67. The van der Waals surface area contributed by atoms with Gasteiger partial charge in [-0.1, -0.05) is 0 Å². The summed E-state index contributed by atoms with van der Waals surface area (Å²) in [6.45, 7) is 1.60. The van der Waals surface area contributed by atoms with E-state index in [1.165, 1.54) is 12.3 Å². The molecule has 1 aromatic rings. The number of hydrogen-bond acceptors (Lipinski definition) is 4. The van der Waals surface area contributed by atoms with Crippen molar-refractivity contribution in [2.45, 2.75) is 13.0 Å². The van der Waals surface area contributed by atoms with Crippen LogP contribution in [0.4, 0.5) is 0 Å². The molecule has 0 aliphatic carbocycles. The number of aromatic carboxylic acids is 1. The number of aliphatic hydroxyl groups excluding tert-OH is 1. The molecule has 1 atom stereocenters. The molecule has 0 aliphatic heterocycles. The first kappa shape index (κ1) is 10.5. The van der Waals surface area contributed by atoms with E-state index < -0.39 is 12.1 Å². The number of nitrogens with zero attached hydrogens (tertiary/aromatic N) is 1. The minimum Gasteiger partial charge on any atom is -0.488 e. The highest BCUT2D eigenvalue weighted by Gasteiger charge is 2.12. The first-order valence-electron chi connectivity index (χ1n) is 4.10. The predicted molar refractivity (Wildman–Crippen MR) is 48.4 cm³/mol. The van der Waals surface area contributed by atoms with Gasteiger partial charge in [-0.2, -0.15) is 0 Å². The van der Waals surface area contributed by atoms with Crippen molar-refractivity contribution in [1.82, 2.24) is 4.98 Å². The Bertz CT molecular complexity index is 324. The maximum atomic E-state index is 10.7. The van der Waals surface area contributed by atoms with E-state index in [0.717, 1.165) is 0 Å². The Morgan fingerprint density at radius 3 is 3.00 bits per heavy atom. The number of carboxylic acids is 1. The number of rotatable bonds is 4. The van der Waals surface area contributed by atoms with Crippen LogP contribution < -0.4 is 4.74 Å². The molecule has 1 rings (SSSR count). The molecule has 0 spiro atoms. The zero-order valence-corrected chi connectivity index (χ0v) is 7.67. The van der Waals surface area contributed by atoms with Crippen LogP contribution in [-0.4, -0.2) is 33.9 Å². The van der Waals surface area contributed by atoms with E-state index in [1.54, 1.807) is 13.0 Å². The highest BCUT2D eigenvalue weighted by molar-refractivity contribution is 5.88. The smallest absolute Gasteiger partial charge is 0.358 e. The standard InChI is InChI=1S/C9H11NO4/c1-6(11)5-14-7-3-2-4-10-8(7)9(12)13/h2-4,6,11H,5H2,1H3,(H,12,13). The van der Waals surface area contributed by atoms with Crippen molar-refractivity contribution in [3.05, 3.63) is 24.0 Å². The summed E-state index contributed by atoms with van der Waals surface area (Å²) in [5, 5.41) is 17.7. The highest BCUT2D eigenvalue weighted by atomic mass is 16.5. The SMILES string of the molecule is CC(O)COc1cccnc1C(=O)O. The molecule has 14 heavy (non-hydrogen) atoms. The van der Waals surface area contributed by atoms with Gasteiger partial charge >= 0.3 is 5.97 Å². The van der Waals surface area contributed by atoms with Crippen molar-refractivity contribution in [3.8, 4) is 5.75 Å². The fourth-order valence-electron chi connectivity index (χ4n) is 0.878. The van der Waals surface area contributed by atoms with Gasteiger partial charge in [-0.25, -0.2) is 9.78 Å². The number of pyridine rings is 1. The van der Waals surface area contributed by atoms with Gasteiger partial charge in [0.05, 0.1) is 6.10 Å². The molecular weight excluding hydrogens is 186 g/mol. The van der Waals surface area contributed by atoms with Crippen LogP contribution in [0.5, 0.6) is 5.75 Å². The number of hydrogen-bond donors (Lipinski definition) is 2. The van der Waals surface area contributed by atoms with Gasteiger partial charge in [0.15, 0.2) is 11.4 Å². The average molecular weight is 197 g/mol. The van der Waals surface area contributed by atoms with E-state index in [0.29, 0.717) is 0 Å². The molecule has 0 bridgehead atoms. The normalized spacial score (nSPS) is 12.1. The Balaban J connectivity index is 2.79.